The van der Waals surface area contributed by atoms with Gasteiger partial charge in [0.15, 0.2) is 0 Å². The lowest BCUT2D eigenvalue weighted by Crippen LogP contribution is -2.56. The number of nitrogens with zero attached hydrogens (tertiary/aromatic N) is 2. The second-order valence-electron chi connectivity index (χ2n) is 7.20. The van der Waals surface area contributed by atoms with Gasteiger partial charge in [0.25, 0.3) is 5.91 Å². The normalized spacial score (nSPS) is 36.8. The Morgan fingerprint density at radius 1 is 1.19 bits per heavy atom. The predicted octanol–water partition coefficient (Wildman–Crippen LogP) is 3.12. The van der Waals surface area contributed by atoms with Gasteiger partial charge in [-0.2, -0.15) is 4.39 Å². The molecule has 4 bridgehead atoms. The van der Waals surface area contributed by atoms with E-state index >= 15 is 0 Å². The zero-order valence-electron chi connectivity index (χ0n) is 12.3. The first-order valence-electron chi connectivity index (χ1n) is 8.00. The number of carbonyl (C=O) groups is 1. The van der Waals surface area contributed by atoms with Gasteiger partial charge in [0.05, 0.1) is 0 Å². The molecule has 1 aromatic heterocycles. The molecule has 0 radical (unpaired) electrons. The molecule has 5 rings (SSSR count). The van der Waals surface area contributed by atoms with Crippen molar-refractivity contribution in [3.05, 3.63) is 29.8 Å². The SMILES string of the molecule is CN(C(=O)c1ccnc(F)c1)C1C2CC3CC(C2)CC1C3. The first-order valence-corrected chi connectivity index (χ1v) is 8.00. The summed E-state index contributed by atoms with van der Waals surface area (Å²) in [5.41, 5.74) is 0.416. The van der Waals surface area contributed by atoms with Gasteiger partial charge in [-0.3, -0.25) is 4.79 Å². The minimum Gasteiger partial charge on any atom is -0.338 e. The molecule has 112 valence electrons. The maximum absolute atomic E-state index is 13.2. The molecule has 0 aromatic carbocycles. The van der Waals surface area contributed by atoms with Crippen molar-refractivity contribution in [2.45, 2.75) is 38.1 Å². The van der Waals surface area contributed by atoms with Gasteiger partial charge in [-0.05, 0) is 61.8 Å². The Kier molecular flexibility index (Phi) is 3.02. The lowest BCUT2D eigenvalue weighted by Gasteiger charge is -2.56. The van der Waals surface area contributed by atoms with Crippen LogP contribution in [0.1, 0.15) is 42.5 Å². The summed E-state index contributed by atoms with van der Waals surface area (Å²) in [6.45, 7) is 0. The Balaban J connectivity index is 1.57. The molecule has 4 aliphatic rings. The largest absolute Gasteiger partial charge is 0.338 e. The van der Waals surface area contributed by atoms with Gasteiger partial charge in [-0.1, -0.05) is 0 Å². The van der Waals surface area contributed by atoms with Crippen LogP contribution in [0.2, 0.25) is 0 Å². The van der Waals surface area contributed by atoms with Crippen LogP contribution in [0, 0.1) is 29.6 Å². The standard InChI is InChI=1S/C17H21FN2O/c1-20(17(21)12-2-3-19-15(18)9-12)16-13-5-10-4-11(7-13)8-14(16)6-10/h2-3,9-11,13-14,16H,4-8H2,1H3. The first kappa shape index (κ1) is 13.2. The summed E-state index contributed by atoms with van der Waals surface area (Å²) in [7, 11) is 1.90. The Morgan fingerprint density at radius 3 is 2.38 bits per heavy atom. The molecule has 0 unspecified atom stereocenters. The molecule has 4 aliphatic carbocycles. The summed E-state index contributed by atoms with van der Waals surface area (Å²) >= 11 is 0. The molecule has 0 spiro atoms. The van der Waals surface area contributed by atoms with Crippen LogP contribution in [0.4, 0.5) is 4.39 Å². The molecule has 0 N–H and O–H groups in total. The van der Waals surface area contributed by atoms with Crippen molar-refractivity contribution < 1.29 is 9.18 Å². The number of amides is 1. The highest BCUT2D eigenvalue weighted by atomic mass is 19.1. The van der Waals surface area contributed by atoms with Crippen LogP contribution in [0.15, 0.2) is 18.3 Å². The van der Waals surface area contributed by atoms with Crippen molar-refractivity contribution >= 4 is 5.91 Å². The maximum Gasteiger partial charge on any atom is 0.254 e. The number of carbonyl (C=O) groups excluding carboxylic acids is 1. The molecule has 1 heterocycles. The first-order chi connectivity index (χ1) is 10.1. The van der Waals surface area contributed by atoms with Crippen molar-refractivity contribution in [3.63, 3.8) is 0 Å². The Hall–Kier alpha value is -1.45. The zero-order valence-corrected chi connectivity index (χ0v) is 12.3. The van der Waals surface area contributed by atoms with Crippen LogP contribution in [-0.2, 0) is 0 Å². The average Bonchev–Trinajstić information content (AvgIpc) is 2.45. The Labute approximate surface area is 124 Å². The summed E-state index contributed by atoms with van der Waals surface area (Å²) in [5.74, 6) is 2.45. The summed E-state index contributed by atoms with van der Waals surface area (Å²) in [6.07, 6.45) is 7.89. The summed E-state index contributed by atoms with van der Waals surface area (Å²) in [4.78, 5) is 18.1. The third-order valence-corrected chi connectivity index (χ3v) is 5.92. The van der Waals surface area contributed by atoms with E-state index in [1.165, 1.54) is 44.4 Å². The van der Waals surface area contributed by atoms with E-state index in [9.17, 15) is 9.18 Å². The quantitative estimate of drug-likeness (QED) is 0.783. The summed E-state index contributed by atoms with van der Waals surface area (Å²) < 4.78 is 13.2. The van der Waals surface area contributed by atoms with E-state index in [2.05, 4.69) is 4.98 Å². The predicted molar refractivity (Wildman–Crippen MR) is 77.1 cm³/mol. The molecule has 3 nitrogen and oxygen atoms in total. The Bertz CT molecular complexity index is 546. The topological polar surface area (TPSA) is 33.2 Å². The third-order valence-electron chi connectivity index (χ3n) is 5.92. The fourth-order valence-corrected chi connectivity index (χ4v) is 5.40. The monoisotopic (exact) mass is 288 g/mol. The van der Waals surface area contributed by atoms with Crippen LogP contribution >= 0.6 is 0 Å². The number of hydrogen-bond acceptors (Lipinski definition) is 2. The Morgan fingerprint density at radius 2 is 1.81 bits per heavy atom. The van der Waals surface area contributed by atoms with E-state index in [0.717, 1.165) is 11.8 Å². The van der Waals surface area contributed by atoms with E-state index in [1.54, 1.807) is 6.07 Å². The fourth-order valence-electron chi connectivity index (χ4n) is 5.40. The molecule has 1 amide bonds. The van der Waals surface area contributed by atoms with Crippen LogP contribution in [0.3, 0.4) is 0 Å². The minimum atomic E-state index is -0.584. The van der Waals surface area contributed by atoms with Gasteiger partial charge in [-0.15, -0.1) is 0 Å². The van der Waals surface area contributed by atoms with Crippen LogP contribution in [0.25, 0.3) is 0 Å². The highest BCUT2D eigenvalue weighted by molar-refractivity contribution is 5.94. The van der Waals surface area contributed by atoms with Crippen LogP contribution < -0.4 is 0 Å². The minimum absolute atomic E-state index is 0.0613. The molecular weight excluding hydrogens is 267 g/mol. The van der Waals surface area contributed by atoms with Gasteiger partial charge in [-0.25, -0.2) is 4.98 Å². The van der Waals surface area contributed by atoms with Gasteiger partial charge >= 0.3 is 0 Å². The molecule has 4 saturated carbocycles. The van der Waals surface area contributed by atoms with Crippen LogP contribution in [-0.4, -0.2) is 28.9 Å². The number of aromatic nitrogens is 1. The van der Waals surface area contributed by atoms with Crippen molar-refractivity contribution in [1.29, 1.82) is 0 Å². The molecule has 0 aliphatic heterocycles. The van der Waals surface area contributed by atoms with Crippen molar-refractivity contribution in [2.75, 3.05) is 7.05 Å². The van der Waals surface area contributed by atoms with E-state index < -0.39 is 5.95 Å². The number of hydrogen-bond donors (Lipinski definition) is 0. The van der Waals surface area contributed by atoms with E-state index in [-0.39, 0.29) is 5.91 Å². The lowest BCUT2D eigenvalue weighted by atomic mass is 9.54. The average molecular weight is 288 g/mol. The van der Waals surface area contributed by atoms with Crippen molar-refractivity contribution in [1.82, 2.24) is 9.88 Å². The van der Waals surface area contributed by atoms with Crippen molar-refractivity contribution in [2.24, 2.45) is 23.7 Å². The molecule has 0 atom stereocenters. The molecular formula is C17H21FN2O. The zero-order chi connectivity index (χ0) is 14.6. The highest BCUT2D eigenvalue weighted by Crippen LogP contribution is 2.55. The fraction of sp³-hybridized carbons (Fsp3) is 0.647. The van der Waals surface area contributed by atoms with Crippen molar-refractivity contribution in [3.8, 4) is 0 Å². The highest BCUT2D eigenvalue weighted by Gasteiger charge is 2.50. The number of pyridine rings is 1. The van der Waals surface area contributed by atoms with E-state index in [1.807, 2.05) is 11.9 Å². The molecule has 4 fully saturated rings. The molecule has 4 heteroatoms. The lowest BCUT2D eigenvalue weighted by molar-refractivity contribution is -0.0491. The van der Waals surface area contributed by atoms with Gasteiger partial charge in [0.1, 0.15) is 0 Å². The number of halogens is 1. The molecule has 21 heavy (non-hydrogen) atoms. The summed E-state index contributed by atoms with van der Waals surface area (Å²) in [6, 6.07) is 3.20. The maximum atomic E-state index is 13.2. The second-order valence-corrected chi connectivity index (χ2v) is 7.20. The van der Waals surface area contributed by atoms with Crippen LogP contribution in [0.5, 0.6) is 0 Å². The van der Waals surface area contributed by atoms with E-state index in [4.69, 9.17) is 0 Å². The van der Waals surface area contributed by atoms with Gasteiger partial charge in [0.2, 0.25) is 5.95 Å². The molecule has 1 aromatic rings. The third kappa shape index (κ3) is 2.16. The van der Waals surface area contributed by atoms with Gasteiger partial charge < -0.3 is 4.90 Å². The van der Waals surface area contributed by atoms with Gasteiger partial charge in [0, 0.05) is 30.9 Å². The summed E-state index contributed by atoms with van der Waals surface area (Å²) in [5, 5.41) is 0. The van der Waals surface area contributed by atoms with E-state index in [0.29, 0.717) is 23.4 Å². The number of rotatable bonds is 2. The second kappa shape index (κ2) is 4.79. The smallest absolute Gasteiger partial charge is 0.254 e. The molecule has 0 saturated heterocycles.